The number of rotatable bonds is 5. The van der Waals surface area contributed by atoms with Crippen LogP contribution < -0.4 is 14.8 Å². The summed E-state index contributed by atoms with van der Waals surface area (Å²) in [5.74, 6) is -0.0914. The Morgan fingerprint density at radius 1 is 1.30 bits per heavy atom. The molecule has 0 saturated carbocycles. The van der Waals surface area contributed by atoms with Crippen molar-refractivity contribution in [1.82, 2.24) is 0 Å². The minimum absolute atomic E-state index is 0.0427. The van der Waals surface area contributed by atoms with Crippen LogP contribution in [0.2, 0.25) is 0 Å². The van der Waals surface area contributed by atoms with Crippen molar-refractivity contribution in [1.29, 1.82) is 5.26 Å². The molecule has 2 aromatic carbocycles. The van der Waals surface area contributed by atoms with Crippen molar-refractivity contribution in [2.45, 2.75) is 13.3 Å². The van der Waals surface area contributed by atoms with Crippen molar-refractivity contribution < 1.29 is 19.2 Å². The van der Waals surface area contributed by atoms with E-state index in [2.05, 4.69) is 5.32 Å². The molecule has 0 atom stereocenters. The van der Waals surface area contributed by atoms with Crippen molar-refractivity contribution >= 4 is 23.4 Å². The predicted octanol–water partition coefficient (Wildman–Crippen LogP) is 3.43. The first-order valence-corrected chi connectivity index (χ1v) is 8.12. The van der Waals surface area contributed by atoms with Gasteiger partial charge in [-0.15, -0.1) is 0 Å². The molecule has 0 spiro atoms. The molecular weight excluding hydrogens is 350 g/mol. The molecule has 1 aliphatic heterocycles. The van der Waals surface area contributed by atoms with E-state index in [0.717, 1.165) is 18.1 Å². The van der Waals surface area contributed by atoms with Gasteiger partial charge in [-0.1, -0.05) is 19.1 Å². The van der Waals surface area contributed by atoms with Crippen LogP contribution >= 0.6 is 0 Å². The van der Waals surface area contributed by atoms with Crippen LogP contribution in [0.3, 0.4) is 0 Å². The second kappa shape index (κ2) is 7.58. The topological polar surface area (TPSA) is 114 Å². The fourth-order valence-corrected chi connectivity index (χ4v) is 2.55. The Morgan fingerprint density at radius 2 is 1.96 bits per heavy atom. The van der Waals surface area contributed by atoms with Crippen LogP contribution in [0.1, 0.15) is 18.1 Å². The van der Waals surface area contributed by atoms with Crippen LogP contribution in [0, 0.1) is 21.4 Å². The molecule has 0 fully saturated rings. The first kappa shape index (κ1) is 17.9. The van der Waals surface area contributed by atoms with Gasteiger partial charge in [0.15, 0.2) is 11.5 Å². The van der Waals surface area contributed by atoms with E-state index in [4.69, 9.17) is 9.47 Å². The number of carbonyl (C=O) groups excluding carboxylic acids is 1. The number of nitro benzene ring substituents is 1. The number of amides is 1. The first-order valence-electron chi connectivity index (χ1n) is 8.12. The Morgan fingerprint density at radius 3 is 2.56 bits per heavy atom. The average molecular weight is 365 g/mol. The highest BCUT2D eigenvalue weighted by atomic mass is 16.7. The minimum Gasteiger partial charge on any atom is -0.454 e. The summed E-state index contributed by atoms with van der Waals surface area (Å²) in [6.07, 6.45) is 2.03. The lowest BCUT2D eigenvalue weighted by Crippen LogP contribution is -2.13. The first-order chi connectivity index (χ1) is 13.0. The number of fused-ring (bicyclic) bond motifs is 1. The van der Waals surface area contributed by atoms with Gasteiger partial charge in [-0.25, -0.2) is 0 Å². The number of aryl methyl sites for hydroxylation is 1. The molecule has 0 saturated heterocycles. The number of nitro groups is 1. The maximum Gasteiger partial charge on any atom is 0.280 e. The van der Waals surface area contributed by atoms with E-state index in [1.807, 2.05) is 19.1 Å². The molecule has 0 radical (unpaired) electrons. The molecule has 1 heterocycles. The number of hydrogen-bond acceptors (Lipinski definition) is 6. The fourth-order valence-electron chi connectivity index (χ4n) is 2.55. The largest absolute Gasteiger partial charge is 0.454 e. The summed E-state index contributed by atoms with van der Waals surface area (Å²) in [4.78, 5) is 23.1. The highest BCUT2D eigenvalue weighted by Crippen LogP contribution is 2.38. The quantitative estimate of drug-likeness (QED) is 0.376. The lowest BCUT2D eigenvalue weighted by atomic mass is 10.1. The molecule has 1 N–H and O–H groups in total. The third-order valence-corrected chi connectivity index (χ3v) is 4.00. The minimum atomic E-state index is -0.659. The van der Waals surface area contributed by atoms with E-state index in [9.17, 15) is 20.2 Å². The fraction of sp³-hybridized carbons (Fsp3) is 0.158. The SMILES string of the molecule is CCc1ccc(NC(=O)C(C#N)=Cc2cc3c(cc2[N+](=O)[O-])OCO3)cc1. The molecule has 27 heavy (non-hydrogen) atoms. The molecule has 0 aromatic heterocycles. The highest BCUT2D eigenvalue weighted by molar-refractivity contribution is 6.10. The number of nitrogens with one attached hydrogen (secondary N) is 1. The number of ether oxygens (including phenoxy) is 2. The van der Waals surface area contributed by atoms with E-state index in [0.29, 0.717) is 11.4 Å². The molecule has 8 nitrogen and oxygen atoms in total. The van der Waals surface area contributed by atoms with Gasteiger partial charge in [0.05, 0.1) is 16.6 Å². The van der Waals surface area contributed by atoms with Gasteiger partial charge < -0.3 is 14.8 Å². The Kier molecular flexibility index (Phi) is 5.04. The van der Waals surface area contributed by atoms with E-state index >= 15 is 0 Å². The van der Waals surface area contributed by atoms with Crippen LogP contribution in [0.4, 0.5) is 11.4 Å². The highest BCUT2D eigenvalue weighted by Gasteiger charge is 2.23. The van der Waals surface area contributed by atoms with E-state index < -0.39 is 10.8 Å². The van der Waals surface area contributed by atoms with Crippen LogP contribution in [-0.2, 0) is 11.2 Å². The summed E-state index contributed by atoms with van der Waals surface area (Å²) in [5.41, 5.74) is 1.17. The second-order valence-corrected chi connectivity index (χ2v) is 5.70. The van der Waals surface area contributed by atoms with Crippen LogP contribution in [-0.4, -0.2) is 17.6 Å². The van der Waals surface area contributed by atoms with Gasteiger partial charge >= 0.3 is 0 Å². The Hall–Kier alpha value is -3.86. The summed E-state index contributed by atoms with van der Waals surface area (Å²) >= 11 is 0. The van der Waals surface area contributed by atoms with Gasteiger partial charge in [0.2, 0.25) is 6.79 Å². The standard InChI is InChI=1S/C19H15N3O5/c1-2-12-3-5-15(6-4-12)21-19(23)14(10-20)7-13-8-17-18(27-11-26-17)9-16(13)22(24)25/h3-9H,2,11H2,1H3,(H,21,23). The zero-order chi connectivity index (χ0) is 19.4. The summed E-state index contributed by atoms with van der Waals surface area (Å²) < 4.78 is 10.3. The lowest BCUT2D eigenvalue weighted by molar-refractivity contribution is -0.385. The number of nitrogens with zero attached hydrogens (tertiary/aromatic N) is 2. The van der Waals surface area contributed by atoms with Crippen LogP contribution in [0.15, 0.2) is 42.0 Å². The van der Waals surface area contributed by atoms with E-state index in [-0.39, 0.29) is 29.4 Å². The summed E-state index contributed by atoms with van der Waals surface area (Å²) in [5, 5.41) is 23.3. The Bertz CT molecular complexity index is 974. The number of hydrogen-bond donors (Lipinski definition) is 1. The molecule has 136 valence electrons. The maximum atomic E-state index is 12.4. The molecule has 1 aliphatic rings. The monoisotopic (exact) mass is 365 g/mol. The molecule has 8 heteroatoms. The smallest absolute Gasteiger partial charge is 0.280 e. The molecule has 2 aromatic rings. The zero-order valence-electron chi connectivity index (χ0n) is 14.4. The van der Waals surface area contributed by atoms with Gasteiger partial charge in [0, 0.05) is 5.69 Å². The van der Waals surface area contributed by atoms with Gasteiger partial charge in [0.1, 0.15) is 11.6 Å². The maximum absolute atomic E-state index is 12.4. The molecule has 1 amide bonds. The predicted molar refractivity (Wildman–Crippen MR) is 97.3 cm³/mol. The van der Waals surface area contributed by atoms with Gasteiger partial charge in [0.25, 0.3) is 11.6 Å². The second-order valence-electron chi connectivity index (χ2n) is 5.70. The molecule has 0 bridgehead atoms. The average Bonchev–Trinajstić information content (AvgIpc) is 3.13. The normalized spacial score (nSPS) is 12.4. The third kappa shape index (κ3) is 3.88. The number of anilines is 1. The van der Waals surface area contributed by atoms with Crippen molar-refractivity contribution in [2.24, 2.45) is 0 Å². The third-order valence-electron chi connectivity index (χ3n) is 4.00. The number of nitriles is 1. The Balaban J connectivity index is 1.90. The van der Waals surface area contributed by atoms with Crippen molar-refractivity contribution in [3.63, 3.8) is 0 Å². The van der Waals surface area contributed by atoms with E-state index in [1.54, 1.807) is 18.2 Å². The molecule has 3 rings (SSSR count). The summed E-state index contributed by atoms with van der Waals surface area (Å²) in [6.45, 7) is 1.97. The van der Waals surface area contributed by atoms with Gasteiger partial charge in [-0.3, -0.25) is 14.9 Å². The van der Waals surface area contributed by atoms with Crippen LogP contribution in [0.5, 0.6) is 11.5 Å². The number of benzene rings is 2. The molecule has 0 unspecified atom stereocenters. The van der Waals surface area contributed by atoms with Gasteiger partial charge in [-0.2, -0.15) is 5.26 Å². The summed E-state index contributed by atoms with van der Waals surface area (Å²) in [7, 11) is 0. The van der Waals surface area contributed by atoms with Crippen molar-refractivity contribution in [2.75, 3.05) is 12.1 Å². The van der Waals surface area contributed by atoms with Crippen molar-refractivity contribution in [3.05, 3.63) is 63.2 Å². The lowest BCUT2D eigenvalue weighted by Gasteiger charge is -2.06. The van der Waals surface area contributed by atoms with Gasteiger partial charge in [-0.05, 0) is 36.3 Å². The Labute approximate surface area is 154 Å². The number of carbonyl (C=O) groups is 1. The van der Waals surface area contributed by atoms with Crippen molar-refractivity contribution in [3.8, 4) is 17.6 Å². The summed E-state index contributed by atoms with van der Waals surface area (Å²) in [6, 6.07) is 11.6. The molecule has 0 aliphatic carbocycles. The molecular formula is C19H15N3O5. The van der Waals surface area contributed by atoms with E-state index in [1.165, 1.54) is 12.1 Å². The zero-order valence-corrected chi connectivity index (χ0v) is 14.4. The van der Waals surface area contributed by atoms with Crippen LogP contribution in [0.25, 0.3) is 6.08 Å².